The highest BCUT2D eigenvalue weighted by Gasteiger charge is 2.32. The van der Waals surface area contributed by atoms with Crippen LogP contribution in [0.2, 0.25) is 0 Å². The monoisotopic (exact) mass is 365 g/mol. The molecule has 4 heteroatoms. The van der Waals surface area contributed by atoms with E-state index in [1.807, 2.05) is 12.1 Å². The van der Waals surface area contributed by atoms with Crippen molar-refractivity contribution in [1.82, 2.24) is 4.90 Å². The lowest BCUT2D eigenvalue weighted by Gasteiger charge is -2.40. The highest BCUT2D eigenvalue weighted by atomic mass is 16.5. The molecule has 1 unspecified atom stereocenters. The van der Waals surface area contributed by atoms with Crippen molar-refractivity contribution in [3.05, 3.63) is 68.8 Å². The van der Waals surface area contributed by atoms with E-state index < -0.39 is 0 Å². The molecule has 3 heterocycles. The molecular weight excluding hydrogens is 338 g/mol. The van der Waals surface area contributed by atoms with Crippen molar-refractivity contribution in [2.45, 2.75) is 52.2 Å². The lowest BCUT2D eigenvalue weighted by Crippen LogP contribution is -2.47. The van der Waals surface area contributed by atoms with Crippen molar-refractivity contribution in [2.24, 2.45) is 0 Å². The Morgan fingerprint density at radius 1 is 1.22 bits per heavy atom. The smallest absolute Gasteiger partial charge is 0.346 e. The van der Waals surface area contributed by atoms with E-state index in [1.54, 1.807) is 6.92 Å². The van der Waals surface area contributed by atoms with Gasteiger partial charge >= 0.3 is 5.63 Å². The van der Waals surface area contributed by atoms with Gasteiger partial charge in [0.05, 0.1) is 0 Å². The summed E-state index contributed by atoms with van der Waals surface area (Å²) >= 11 is 0. The number of ether oxygens (including phenoxy) is 1. The molecule has 0 aliphatic carbocycles. The Hall–Kier alpha value is -2.33. The summed E-state index contributed by atoms with van der Waals surface area (Å²) in [5.41, 5.74) is 4.18. The molecule has 142 valence electrons. The van der Waals surface area contributed by atoms with E-state index in [2.05, 4.69) is 43.0 Å². The minimum atomic E-state index is -0.301. The van der Waals surface area contributed by atoms with Gasteiger partial charge in [-0.2, -0.15) is 0 Å². The molecular formula is C23H27NO3. The summed E-state index contributed by atoms with van der Waals surface area (Å²) in [7, 11) is 0. The third kappa shape index (κ3) is 3.86. The molecule has 2 aliphatic heterocycles. The standard InChI is InChI=1S/C23H27NO3/c1-15-4-7-18(8-5-15)9-6-16(2)24-11-10-19-13-20-21(27-22(19)14-24)12-17(3)26-23(20)25/h4-5,7-8,12-13,16,22H,6,9-11,14H2,1-3H3/t16?,22-/m0/s1. The summed E-state index contributed by atoms with van der Waals surface area (Å²) in [4.78, 5) is 14.6. The van der Waals surface area contributed by atoms with Gasteiger partial charge in [0.2, 0.25) is 0 Å². The summed E-state index contributed by atoms with van der Waals surface area (Å²) < 4.78 is 11.4. The second-order valence-corrected chi connectivity index (χ2v) is 7.87. The van der Waals surface area contributed by atoms with Gasteiger partial charge in [-0.1, -0.05) is 29.8 Å². The van der Waals surface area contributed by atoms with Gasteiger partial charge in [0.25, 0.3) is 0 Å². The first kappa shape index (κ1) is 18.1. The van der Waals surface area contributed by atoms with Crippen LogP contribution < -0.4 is 10.4 Å². The molecule has 1 aromatic carbocycles. The van der Waals surface area contributed by atoms with E-state index in [-0.39, 0.29) is 11.7 Å². The summed E-state index contributed by atoms with van der Waals surface area (Å²) in [6, 6.07) is 11.2. The number of fused-ring (bicyclic) bond motifs is 2. The first-order chi connectivity index (χ1) is 13.0. The minimum absolute atomic E-state index is 0.0364. The zero-order valence-electron chi connectivity index (χ0n) is 16.3. The van der Waals surface area contributed by atoms with Crippen LogP contribution in [0.3, 0.4) is 0 Å². The molecule has 2 atom stereocenters. The highest BCUT2D eigenvalue weighted by Crippen LogP contribution is 2.33. The Labute approximate surface area is 160 Å². The maximum absolute atomic E-state index is 12.1. The first-order valence-corrected chi connectivity index (χ1v) is 9.81. The molecule has 27 heavy (non-hydrogen) atoms. The number of benzene rings is 1. The molecule has 0 amide bonds. The van der Waals surface area contributed by atoms with Crippen LogP contribution in [0.5, 0.6) is 5.75 Å². The topological polar surface area (TPSA) is 42.7 Å². The molecule has 1 aromatic heterocycles. The van der Waals surface area contributed by atoms with Crippen molar-refractivity contribution in [2.75, 3.05) is 13.1 Å². The average Bonchev–Trinajstić information content (AvgIpc) is 2.65. The van der Waals surface area contributed by atoms with Crippen LogP contribution in [-0.2, 0) is 6.42 Å². The van der Waals surface area contributed by atoms with E-state index >= 15 is 0 Å². The molecule has 0 saturated carbocycles. The SMILES string of the molecule is Cc1ccc(CCC(C)N2CCC3=Cc4c(cc(C)oc4=O)O[C@H]3C2)cc1. The third-order valence-electron chi connectivity index (χ3n) is 5.77. The number of rotatable bonds is 4. The van der Waals surface area contributed by atoms with Crippen LogP contribution in [-0.4, -0.2) is 30.1 Å². The van der Waals surface area contributed by atoms with Crippen molar-refractivity contribution >= 4 is 6.08 Å². The number of hydrogen-bond donors (Lipinski definition) is 0. The number of piperidine rings is 1. The van der Waals surface area contributed by atoms with Crippen molar-refractivity contribution in [1.29, 1.82) is 0 Å². The zero-order valence-corrected chi connectivity index (χ0v) is 16.3. The van der Waals surface area contributed by atoms with Gasteiger partial charge in [-0.15, -0.1) is 0 Å². The third-order valence-corrected chi connectivity index (χ3v) is 5.77. The van der Waals surface area contributed by atoms with Crippen molar-refractivity contribution in [3.63, 3.8) is 0 Å². The zero-order chi connectivity index (χ0) is 19.0. The normalized spacial score (nSPS) is 20.3. The highest BCUT2D eigenvalue weighted by molar-refractivity contribution is 5.62. The minimum Gasteiger partial charge on any atom is -0.484 e. The Bertz CT molecular complexity index is 910. The van der Waals surface area contributed by atoms with Crippen molar-refractivity contribution < 1.29 is 9.15 Å². The summed E-state index contributed by atoms with van der Waals surface area (Å²) in [6.45, 7) is 8.09. The first-order valence-electron chi connectivity index (χ1n) is 9.81. The number of likely N-dealkylation sites (tertiary alicyclic amines) is 1. The molecule has 0 radical (unpaired) electrons. The van der Waals surface area contributed by atoms with Crippen LogP contribution in [0.1, 0.15) is 42.2 Å². The largest absolute Gasteiger partial charge is 0.484 e. The molecule has 1 fully saturated rings. The molecule has 0 bridgehead atoms. The fourth-order valence-corrected chi connectivity index (χ4v) is 4.01. The maximum atomic E-state index is 12.1. The van der Waals surface area contributed by atoms with Crippen molar-refractivity contribution in [3.8, 4) is 5.75 Å². The molecule has 4 rings (SSSR count). The molecule has 1 saturated heterocycles. The fraction of sp³-hybridized carbons (Fsp3) is 0.435. The number of aryl methyl sites for hydroxylation is 3. The van der Waals surface area contributed by atoms with Gasteiger partial charge in [-0.3, -0.25) is 4.90 Å². The number of hydrogen-bond acceptors (Lipinski definition) is 4. The summed E-state index contributed by atoms with van der Waals surface area (Å²) in [5.74, 6) is 1.25. The fourth-order valence-electron chi connectivity index (χ4n) is 4.01. The lowest BCUT2D eigenvalue weighted by molar-refractivity contribution is 0.0958. The van der Waals surface area contributed by atoms with E-state index in [1.165, 1.54) is 16.7 Å². The van der Waals surface area contributed by atoms with Crippen LogP contribution in [0.4, 0.5) is 0 Å². The quantitative estimate of drug-likeness (QED) is 0.817. The predicted molar refractivity (Wildman–Crippen MR) is 107 cm³/mol. The predicted octanol–water partition coefficient (Wildman–Crippen LogP) is 4.13. The van der Waals surface area contributed by atoms with Gasteiger partial charge in [0, 0.05) is 25.2 Å². The van der Waals surface area contributed by atoms with E-state index in [0.717, 1.165) is 32.4 Å². The van der Waals surface area contributed by atoms with Gasteiger partial charge < -0.3 is 9.15 Å². The molecule has 4 nitrogen and oxygen atoms in total. The van der Waals surface area contributed by atoms with Gasteiger partial charge in [-0.05, 0) is 57.2 Å². The summed E-state index contributed by atoms with van der Waals surface area (Å²) in [6.07, 6.45) is 5.19. The van der Waals surface area contributed by atoms with E-state index in [4.69, 9.17) is 9.15 Å². The Kier molecular flexibility index (Phi) is 4.92. The second kappa shape index (κ2) is 7.35. The van der Waals surface area contributed by atoms with Gasteiger partial charge in [-0.25, -0.2) is 4.79 Å². The molecule has 2 aliphatic rings. The lowest BCUT2D eigenvalue weighted by atomic mass is 9.94. The van der Waals surface area contributed by atoms with Crippen LogP contribution >= 0.6 is 0 Å². The van der Waals surface area contributed by atoms with Crippen LogP contribution in [0.15, 0.2) is 45.1 Å². The molecule has 0 spiro atoms. The Morgan fingerprint density at radius 2 is 2.00 bits per heavy atom. The van der Waals surface area contributed by atoms with E-state index in [9.17, 15) is 4.79 Å². The Balaban J connectivity index is 1.41. The van der Waals surface area contributed by atoms with Gasteiger partial charge in [0.15, 0.2) is 0 Å². The maximum Gasteiger partial charge on any atom is 0.346 e. The van der Waals surface area contributed by atoms with Crippen LogP contribution in [0.25, 0.3) is 6.08 Å². The number of nitrogens with zero attached hydrogens (tertiary/aromatic N) is 1. The van der Waals surface area contributed by atoms with E-state index in [0.29, 0.717) is 23.1 Å². The Morgan fingerprint density at radius 3 is 2.78 bits per heavy atom. The van der Waals surface area contributed by atoms with Gasteiger partial charge in [0.1, 0.15) is 23.2 Å². The second-order valence-electron chi connectivity index (χ2n) is 7.87. The summed E-state index contributed by atoms with van der Waals surface area (Å²) in [5, 5.41) is 0. The van der Waals surface area contributed by atoms with Crippen LogP contribution in [0, 0.1) is 13.8 Å². The average molecular weight is 365 g/mol. The molecule has 2 aromatic rings. The molecule has 0 N–H and O–H groups in total.